The van der Waals surface area contributed by atoms with E-state index in [1.165, 1.54) is 24.3 Å². The van der Waals surface area contributed by atoms with Crippen LogP contribution in [-0.4, -0.2) is 29.2 Å². The standard InChI is InChI=1S/C24H26Cl3F3N2O/c1-5-31-22(33)32(23(2,3)4)14-16-8-6-15(10-21(16)27)7-9-20(24(28,29)30)17-11-18(25)13-19(26)12-17/h6-13,20H,5,14H2,1-4H3,(H,31,33). The number of benzene rings is 2. The van der Waals surface area contributed by atoms with Gasteiger partial charge in [-0.25, -0.2) is 4.79 Å². The number of carbonyl (C=O) groups is 1. The van der Waals surface area contributed by atoms with Crippen molar-refractivity contribution in [2.45, 2.75) is 51.9 Å². The minimum Gasteiger partial charge on any atom is -0.338 e. The highest BCUT2D eigenvalue weighted by molar-refractivity contribution is 6.34. The normalized spacial score (nSPS) is 13.3. The van der Waals surface area contributed by atoms with E-state index < -0.39 is 17.6 Å². The molecule has 0 aromatic heterocycles. The number of halogens is 6. The van der Waals surface area contributed by atoms with Crippen LogP contribution in [0.1, 0.15) is 50.3 Å². The van der Waals surface area contributed by atoms with Crippen molar-refractivity contribution in [2.75, 3.05) is 6.54 Å². The van der Waals surface area contributed by atoms with Crippen LogP contribution in [0.2, 0.25) is 15.1 Å². The minimum absolute atomic E-state index is 0.0540. The van der Waals surface area contributed by atoms with Crippen molar-refractivity contribution in [2.24, 2.45) is 0 Å². The van der Waals surface area contributed by atoms with Crippen molar-refractivity contribution in [3.63, 3.8) is 0 Å². The van der Waals surface area contributed by atoms with E-state index in [2.05, 4.69) is 5.32 Å². The molecule has 1 atom stereocenters. The Bertz CT molecular complexity index is 997. The summed E-state index contributed by atoms with van der Waals surface area (Å²) in [7, 11) is 0. The van der Waals surface area contributed by atoms with Crippen molar-refractivity contribution in [3.05, 3.63) is 74.2 Å². The van der Waals surface area contributed by atoms with Gasteiger partial charge in [-0.1, -0.05) is 59.1 Å². The van der Waals surface area contributed by atoms with Crippen molar-refractivity contribution in [1.29, 1.82) is 0 Å². The maximum Gasteiger partial charge on any atom is 0.399 e. The van der Waals surface area contributed by atoms with Crippen LogP contribution in [0.15, 0.2) is 42.5 Å². The first kappa shape index (κ1) is 27.4. The minimum atomic E-state index is -4.53. The van der Waals surface area contributed by atoms with Gasteiger partial charge < -0.3 is 10.2 Å². The molecule has 0 saturated carbocycles. The second-order valence-corrected chi connectivity index (χ2v) is 9.80. The number of rotatable bonds is 6. The zero-order valence-corrected chi connectivity index (χ0v) is 21.0. The number of urea groups is 1. The molecule has 0 aliphatic rings. The summed E-state index contributed by atoms with van der Waals surface area (Å²) in [5.74, 6) is -1.89. The number of alkyl halides is 3. The summed E-state index contributed by atoms with van der Waals surface area (Å²) in [6.07, 6.45) is -2.13. The maximum atomic E-state index is 13.7. The monoisotopic (exact) mass is 520 g/mol. The lowest BCUT2D eigenvalue weighted by Crippen LogP contribution is -2.49. The highest BCUT2D eigenvalue weighted by Crippen LogP contribution is 2.38. The quantitative estimate of drug-likeness (QED) is 0.407. The molecule has 2 amide bonds. The van der Waals surface area contributed by atoms with E-state index in [1.54, 1.807) is 23.1 Å². The lowest BCUT2D eigenvalue weighted by molar-refractivity contribution is -0.139. The first-order chi connectivity index (χ1) is 15.2. The summed E-state index contributed by atoms with van der Waals surface area (Å²) in [5.41, 5.74) is 0.663. The van der Waals surface area contributed by atoms with Crippen molar-refractivity contribution in [3.8, 4) is 0 Å². The highest BCUT2D eigenvalue weighted by Gasteiger charge is 2.39. The summed E-state index contributed by atoms with van der Waals surface area (Å²) in [5, 5.41) is 3.39. The molecular formula is C24H26Cl3F3N2O. The molecule has 1 N–H and O–H groups in total. The fraction of sp³-hybridized carbons (Fsp3) is 0.375. The Morgan fingerprint density at radius 3 is 2.15 bits per heavy atom. The van der Waals surface area contributed by atoms with Crippen molar-refractivity contribution in [1.82, 2.24) is 10.2 Å². The second kappa shape index (κ2) is 11.0. The van der Waals surface area contributed by atoms with Gasteiger partial charge in [-0.05, 0) is 68.7 Å². The fourth-order valence-electron chi connectivity index (χ4n) is 3.20. The number of nitrogens with one attached hydrogen (secondary N) is 1. The van der Waals surface area contributed by atoms with Gasteiger partial charge in [0.25, 0.3) is 0 Å². The van der Waals surface area contributed by atoms with E-state index >= 15 is 0 Å². The second-order valence-electron chi connectivity index (χ2n) is 8.52. The summed E-state index contributed by atoms with van der Waals surface area (Å²) < 4.78 is 41.1. The summed E-state index contributed by atoms with van der Waals surface area (Å²) in [6.45, 7) is 8.30. The van der Waals surface area contributed by atoms with E-state index in [4.69, 9.17) is 34.8 Å². The van der Waals surface area contributed by atoms with Gasteiger partial charge in [0.15, 0.2) is 0 Å². The van der Waals surface area contributed by atoms with Crippen LogP contribution in [0.25, 0.3) is 6.08 Å². The Kier molecular flexibility index (Phi) is 9.14. The third-order valence-electron chi connectivity index (χ3n) is 4.87. The lowest BCUT2D eigenvalue weighted by atomic mass is 9.97. The third-order valence-corrected chi connectivity index (χ3v) is 5.65. The van der Waals surface area contributed by atoms with Gasteiger partial charge in [0, 0.05) is 33.7 Å². The Morgan fingerprint density at radius 2 is 1.67 bits per heavy atom. The molecule has 180 valence electrons. The van der Waals surface area contributed by atoms with E-state index in [0.717, 1.165) is 6.08 Å². The Morgan fingerprint density at radius 1 is 1.06 bits per heavy atom. The van der Waals surface area contributed by atoms with Crippen LogP contribution < -0.4 is 5.32 Å². The number of carbonyl (C=O) groups excluding carboxylic acids is 1. The molecule has 0 radical (unpaired) electrons. The molecule has 0 spiro atoms. The molecule has 0 bridgehead atoms. The lowest BCUT2D eigenvalue weighted by Gasteiger charge is -2.36. The van der Waals surface area contributed by atoms with Crippen LogP contribution in [-0.2, 0) is 6.54 Å². The number of nitrogens with zero attached hydrogens (tertiary/aromatic N) is 1. The van der Waals surface area contributed by atoms with E-state index in [9.17, 15) is 18.0 Å². The first-order valence-electron chi connectivity index (χ1n) is 10.3. The van der Waals surface area contributed by atoms with Crippen LogP contribution in [0.3, 0.4) is 0 Å². The molecule has 1 unspecified atom stereocenters. The molecule has 0 fully saturated rings. The van der Waals surface area contributed by atoms with Gasteiger partial charge in [-0.15, -0.1) is 0 Å². The number of amides is 2. The van der Waals surface area contributed by atoms with Gasteiger partial charge in [0.1, 0.15) is 0 Å². The Hall–Kier alpha value is -1.89. The summed E-state index contributed by atoms with van der Waals surface area (Å²) in [4.78, 5) is 14.1. The molecule has 0 heterocycles. The molecule has 0 aliphatic heterocycles. The van der Waals surface area contributed by atoms with E-state index in [-0.39, 0.29) is 28.2 Å². The SMILES string of the molecule is CCNC(=O)N(Cc1ccc(C=CC(c2cc(Cl)cc(Cl)c2)C(F)(F)F)cc1Cl)C(C)(C)C. The van der Waals surface area contributed by atoms with Gasteiger partial charge in [-0.2, -0.15) is 13.2 Å². The average Bonchev–Trinajstić information content (AvgIpc) is 2.64. The summed E-state index contributed by atoms with van der Waals surface area (Å²) >= 11 is 18.2. The van der Waals surface area contributed by atoms with Gasteiger partial charge in [0.05, 0.1) is 5.92 Å². The number of hydrogen-bond donors (Lipinski definition) is 1. The fourth-order valence-corrected chi connectivity index (χ4v) is 3.99. The third kappa shape index (κ3) is 7.83. The molecule has 9 heteroatoms. The van der Waals surface area contributed by atoms with Gasteiger partial charge in [0.2, 0.25) is 0 Å². The molecule has 0 saturated heterocycles. The predicted octanol–water partition coefficient (Wildman–Crippen LogP) is 8.34. The first-order valence-corrected chi connectivity index (χ1v) is 11.4. The van der Waals surface area contributed by atoms with Crippen molar-refractivity contribution >= 4 is 46.9 Å². The topological polar surface area (TPSA) is 32.3 Å². The Labute approximate surface area is 207 Å². The van der Waals surface area contributed by atoms with Crippen LogP contribution in [0, 0.1) is 0 Å². The molecule has 33 heavy (non-hydrogen) atoms. The van der Waals surface area contributed by atoms with Crippen LogP contribution >= 0.6 is 34.8 Å². The molecule has 0 aliphatic carbocycles. The molecule has 2 rings (SSSR count). The van der Waals surface area contributed by atoms with Gasteiger partial charge >= 0.3 is 12.2 Å². The van der Waals surface area contributed by atoms with Crippen molar-refractivity contribution < 1.29 is 18.0 Å². The zero-order chi connectivity index (χ0) is 25.0. The molecule has 2 aromatic carbocycles. The average molecular weight is 522 g/mol. The van der Waals surface area contributed by atoms with E-state index in [1.807, 2.05) is 27.7 Å². The van der Waals surface area contributed by atoms with Crippen LogP contribution in [0.5, 0.6) is 0 Å². The predicted molar refractivity (Wildman–Crippen MR) is 130 cm³/mol. The van der Waals surface area contributed by atoms with Crippen LogP contribution in [0.4, 0.5) is 18.0 Å². The number of allylic oxidation sites excluding steroid dienone is 1. The molecule has 3 nitrogen and oxygen atoms in total. The summed E-state index contributed by atoms with van der Waals surface area (Å²) in [6, 6.07) is 8.59. The largest absolute Gasteiger partial charge is 0.399 e. The van der Waals surface area contributed by atoms with Gasteiger partial charge in [-0.3, -0.25) is 0 Å². The smallest absolute Gasteiger partial charge is 0.338 e. The molecule has 2 aromatic rings. The highest BCUT2D eigenvalue weighted by atomic mass is 35.5. The Balaban J connectivity index is 2.31. The van der Waals surface area contributed by atoms with E-state index in [0.29, 0.717) is 22.7 Å². The number of hydrogen-bond acceptors (Lipinski definition) is 1. The maximum absolute atomic E-state index is 13.7. The molecular weight excluding hydrogens is 496 g/mol. The zero-order valence-electron chi connectivity index (χ0n) is 18.7.